The molecule has 0 aliphatic rings. The molecule has 0 fully saturated rings. The van der Waals surface area contributed by atoms with Crippen LogP contribution in [0.5, 0.6) is 0 Å². The standard InChI is InChI=1S/C8H13N2O.C2H6.Rb/c1-6(2)3-8-9-4-7(5-11)10-8;1-2;/h4,6,11H,3,5H2,1-2H3;1-2H3;/q-1;;+1. The fraction of sp³-hybridized carbons (Fsp3) is 0.700. The Morgan fingerprint density at radius 3 is 2.36 bits per heavy atom. The average molecular weight is 269 g/mol. The summed E-state index contributed by atoms with van der Waals surface area (Å²) >= 11 is 0. The molecule has 0 aliphatic heterocycles. The molecule has 1 aromatic heterocycles. The van der Waals surface area contributed by atoms with Crippen molar-refractivity contribution < 1.29 is 63.3 Å². The molecular weight excluding hydrogens is 250 g/mol. The van der Waals surface area contributed by atoms with Crippen molar-refractivity contribution in [2.45, 2.75) is 40.7 Å². The molecular formula is C10H19N2ORb. The smallest absolute Gasteiger partial charge is 0.446 e. The Morgan fingerprint density at radius 2 is 2.00 bits per heavy atom. The fourth-order valence-corrected chi connectivity index (χ4v) is 0.912. The first-order valence-corrected chi connectivity index (χ1v) is 4.80. The molecule has 0 saturated carbocycles. The van der Waals surface area contributed by atoms with Gasteiger partial charge in [-0.3, -0.25) is 0 Å². The van der Waals surface area contributed by atoms with Gasteiger partial charge in [-0.15, -0.1) is 0 Å². The quantitative estimate of drug-likeness (QED) is 0.746. The number of hydrogen-bond donors (Lipinski definition) is 1. The molecule has 1 rings (SSSR count). The molecule has 0 radical (unpaired) electrons. The molecule has 0 aliphatic carbocycles. The third kappa shape index (κ3) is 7.29. The molecule has 0 saturated heterocycles. The summed E-state index contributed by atoms with van der Waals surface area (Å²) in [7, 11) is 0. The molecule has 0 unspecified atom stereocenters. The molecule has 1 heterocycles. The van der Waals surface area contributed by atoms with Crippen LogP contribution in [0.2, 0.25) is 0 Å². The van der Waals surface area contributed by atoms with Gasteiger partial charge in [-0.05, 0) is 18.0 Å². The van der Waals surface area contributed by atoms with Crippen molar-refractivity contribution in [2.24, 2.45) is 5.92 Å². The van der Waals surface area contributed by atoms with E-state index in [-0.39, 0.29) is 64.8 Å². The van der Waals surface area contributed by atoms with Crippen molar-refractivity contribution in [3.05, 3.63) is 17.7 Å². The van der Waals surface area contributed by atoms with E-state index in [1.54, 1.807) is 6.20 Å². The Balaban J connectivity index is 0. The topological polar surface area (TPSA) is 47.2 Å². The van der Waals surface area contributed by atoms with Gasteiger partial charge >= 0.3 is 58.2 Å². The normalized spacial score (nSPS) is 9.00. The molecule has 0 bridgehead atoms. The number of rotatable bonds is 3. The van der Waals surface area contributed by atoms with E-state index < -0.39 is 0 Å². The summed E-state index contributed by atoms with van der Waals surface area (Å²) < 4.78 is 0. The summed E-state index contributed by atoms with van der Waals surface area (Å²) in [6.45, 7) is 8.23. The van der Waals surface area contributed by atoms with Gasteiger partial charge in [-0.2, -0.15) is 0 Å². The fourth-order valence-electron chi connectivity index (χ4n) is 0.912. The Labute approximate surface area is 136 Å². The number of aliphatic hydroxyl groups is 1. The Morgan fingerprint density at radius 1 is 1.43 bits per heavy atom. The predicted molar refractivity (Wildman–Crippen MR) is 53.4 cm³/mol. The van der Waals surface area contributed by atoms with Crippen molar-refractivity contribution >= 4 is 0 Å². The van der Waals surface area contributed by atoms with Gasteiger partial charge in [0, 0.05) is 0 Å². The predicted octanol–water partition coefficient (Wildman–Crippen LogP) is -1.24. The van der Waals surface area contributed by atoms with Gasteiger partial charge in [-0.25, -0.2) is 0 Å². The van der Waals surface area contributed by atoms with Gasteiger partial charge in [-0.1, -0.05) is 39.7 Å². The van der Waals surface area contributed by atoms with Crippen LogP contribution in [0.4, 0.5) is 0 Å². The second-order valence-electron chi connectivity index (χ2n) is 3.03. The van der Waals surface area contributed by atoms with E-state index in [9.17, 15) is 0 Å². The molecule has 1 aromatic rings. The second-order valence-corrected chi connectivity index (χ2v) is 3.03. The SMILES string of the molecule is CC.CC(C)Cc1ncc(CO)[n-]1.[Rb+]. The van der Waals surface area contributed by atoms with Crippen LogP contribution in [0.15, 0.2) is 6.20 Å². The molecule has 0 aromatic carbocycles. The Hall–Kier alpha value is 0.975. The van der Waals surface area contributed by atoms with Crippen molar-refractivity contribution in [1.29, 1.82) is 0 Å². The summed E-state index contributed by atoms with van der Waals surface area (Å²) in [5.41, 5.74) is 0.667. The number of hydrogen-bond acceptors (Lipinski definition) is 2. The summed E-state index contributed by atoms with van der Waals surface area (Å²) in [5.74, 6) is 1.41. The molecule has 0 amide bonds. The monoisotopic (exact) mass is 268 g/mol. The van der Waals surface area contributed by atoms with Crippen LogP contribution in [-0.4, -0.2) is 10.1 Å². The van der Waals surface area contributed by atoms with Crippen LogP contribution in [-0.2, 0) is 13.0 Å². The second kappa shape index (κ2) is 10.5. The minimum atomic E-state index is -0.00883. The van der Waals surface area contributed by atoms with Gasteiger partial charge in [0.2, 0.25) is 0 Å². The minimum Gasteiger partial charge on any atom is -0.446 e. The van der Waals surface area contributed by atoms with Gasteiger partial charge in [0.25, 0.3) is 0 Å². The van der Waals surface area contributed by atoms with E-state index in [4.69, 9.17) is 5.11 Å². The van der Waals surface area contributed by atoms with Crippen molar-refractivity contribution in [3.63, 3.8) is 0 Å². The maximum atomic E-state index is 8.68. The number of imidazole rings is 1. The first-order chi connectivity index (χ1) is 6.22. The molecule has 3 nitrogen and oxygen atoms in total. The molecule has 14 heavy (non-hydrogen) atoms. The zero-order valence-corrected chi connectivity index (χ0v) is 14.8. The van der Waals surface area contributed by atoms with Gasteiger partial charge in [0.1, 0.15) is 0 Å². The van der Waals surface area contributed by atoms with Gasteiger partial charge < -0.3 is 15.1 Å². The van der Waals surface area contributed by atoms with Crippen LogP contribution in [0.3, 0.4) is 0 Å². The van der Waals surface area contributed by atoms with Crippen molar-refractivity contribution in [3.8, 4) is 0 Å². The molecule has 0 atom stereocenters. The first kappa shape index (κ1) is 17.4. The van der Waals surface area contributed by atoms with E-state index in [1.165, 1.54) is 0 Å². The van der Waals surface area contributed by atoms with E-state index in [0.717, 1.165) is 12.2 Å². The van der Waals surface area contributed by atoms with Crippen LogP contribution in [0.25, 0.3) is 0 Å². The summed E-state index contributed by atoms with van der Waals surface area (Å²) in [4.78, 5) is 8.16. The maximum Gasteiger partial charge on any atom is 1.00 e. The molecule has 1 N–H and O–H groups in total. The summed E-state index contributed by atoms with van der Waals surface area (Å²) in [6, 6.07) is 0. The molecule has 0 spiro atoms. The van der Waals surface area contributed by atoms with Crippen LogP contribution < -0.4 is 63.2 Å². The van der Waals surface area contributed by atoms with Crippen molar-refractivity contribution in [1.82, 2.24) is 9.97 Å². The minimum absolute atomic E-state index is 0. The van der Waals surface area contributed by atoms with Gasteiger partial charge in [0.05, 0.1) is 6.61 Å². The maximum absolute atomic E-state index is 8.68. The average Bonchev–Trinajstić information content (AvgIpc) is 2.55. The zero-order valence-electron chi connectivity index (χ0n) is 9.91. The largest absolute Gasteiger partial charge is 1.00 e. The van der Waals surface area contributed by atoms with Gasteiger partial charge in [0.15, 0.2) is 0 Å². The van der Waals surface area contributed by atoms with E-state index >= 15 is 0 Å². The summed E-state index contributed by atoms with van der Waals surface area (Å²) in [6.07, 6.45) is 2.51. The molecule has 4 heteroatoms. The number of nitrogens with zero attached hydrogens (tertiary/aromatic N) is 2. The third-order valence-electron chi connectivity index (χ3n) is 1.39. The van der Waals surface area contributed by atoms with Crippen molar-refractivity contribution in [2.75, 3.05) is 0 Å². The van der Waals surface area contributed by atoms with E-state index in [0.29, 0.717) is 11.6 Å². The number of aliphatic hydroxyl groups excluding tert-OH is 1. The summed E-state index contributed by atoms with van der Waals surface area (Å²) in [5, 5.41) is 8.68. The van der Waals surface area contributed by atoms with E-state index in [1.807, 2.05) is 13.8 Å². The number of aromatic nitrogens is 2. The zero-order chi connectivity index (χ0) is 10.3. The van der Waals surface area contributed by atoms with Crippen LogP contribution in [0.1, 0.15) is 39.2 Å². The van der Waals surface area contributed by atoms with E-state index in [2.05, 4.69) is 23.8 Å². The van der Waals surface area contributed by atoms with Crippen LogP contribution in [0, 0.1) is 5.92 Å². The Bertz CT molecular complexity index is 224. The van der Waals surface area contributed by atoms with Crippen LogP contribution >= 0.6 is 0 Å². The third-order valence-corrected chi connectivity index (χ3v) is 1.39. The first-order valence-electron chi connectivity index (χ1n) is 4.80. The molecule has 76 valence electrons. The Kier molecular flexibility index (Phi) is 13.0.